The Morgan fingerprint density at radius 1 is 0.463 bits per heavy atom. The molecule has 3 atom stereocenters. The van der Waals surface area contributed by atoms with Gasteiger partial charge in [0.2, 0.25) is 0 Å². The fourth-order valence-corrected chi connectivity index (χ4v) is 11.2. The Kier molecular flexibility index (Phi) is 21.5. The molecule has 9 aromatic carbocycles. The number of carbonyl (C=O) groups excluding carboxylic acids is 3. The summed E-state index contributed by atoms with van der Waals surface area (Å²) >= 11 is 13.1. The molecule has 16 heteroatoms. The van der Waals surface area contributed by atoms with Crippen molar-refractivity contribution in [2.24, 2.45) is 0 Å². The maximum atomic E-state index is 12.5. The molecular formula is C66H58Br4N6NaO4P. The number of aliphatic hydroxyl groups excluding tert-OH is 1. The van der Waals surface area contributed by atoms with Crippen molar-refractivity contribution in [3.8, 4) is 33.4 Å². The van der Waals surface area contributed by atoms with Gasteiger partial charge in [0.25, 0.3) is 17.7 Å². The zero-order valence-electron chi connectivity index (χ0n) is 45.8. The van der Waals surface area contributed by atoms with Gasteiger partial charge >= 0.3 is 29.6 Å². The molecule has 0 saturated heterocycles. The third-order valence-electron chi connectivity index (χ3n) is 14.6. The van der Waals surface area contributed by atoms with Gasteiger partial charge < -0.3 is 38.0 Å². The van der Waals surface area contributed by atoms with Crippen LogP contribution in [0, 0.1) is 0 Å². The Hall–Kier alpha value is -5.90. The van der Waals surface area contributed by atoms with E-state index < -0.39 is 0 Å². The number of nitrogens with zero attached hydrogens (tertiary/aromatic N) is 1. The van der Waals surface area contributed by atoms with Gasteiger partial charge in [-0.1, -0.05) is 198 Å². The molecule has 13 rings (SSSR count). The molecule has 4 heterocycles. The van der Waals surface area contributed by atoms with Crippen LogP contribution < -0.4 is 61.0 Å². The fraction of sp³-hybridized carbons (Fsp3) is 0.136. The number of fused-ring (bicyclic) bond motifs is 7. The van der Waals surface area contributed by atoms with Crippen LogP contribution in [0.15, 0.2) is 218 Å². The van der Waals surface area contributed by atoms with E-state index in [1.54, 1.807) is 6.07 Å². The van der Waals surface area contributed by atoms with Gasteiger partial charge in [0.05, 0.1) is 22.4 Å². The second-order valence-corrected chi connectivity index (χ2v) is 35.6. The minimum absolute atomic E-state index is 0. The van der Waals surface area contributed by atoms with Gasteiger partial charge in [-0.25, -0.2) is 0 Å². The number of para-hydroxylation sites is 3. The van der Waals surface area contributed by atoms with E-state index in [1.807, 2.05) is 115 Å². The minimum atomic E-state index is -0.316. The van der Waals surface area contributed by atoms with Crippen LogP contribution in [0.5, 0.6) is 0 Å². The summed E-state index contributed by atoms with van der Waals surface area (Å²) in [6.45, 7) is 0.968. The fourth-order valence-electron chi connectivity index (χ4n) is 10.7. The molecular weight excluding hydrogens is 1310 g/mol. The Bertz CT molecular complexity index is 3530. The number of benzene rings is 9. The predicted octanol–water partition coefficient (Wildman–Crippen LogP) is 13.6. The quantitative estimate of drug-likeness (QED) is 0.0481. The van der Waals surface area contributed by atoms with Crippen LogP contribution in [0.4, 0.5) is 17.1 Å². The molecule has 0 fully saturated rings. The van der Waals surface area contributed by atoms with Gasteiger partial charge in [-0.3, -0.25) is 14.4 Å². The summed E-state index contributed by atoms with van der Waals surface area (Å²) in [5.41, 5.74) is 18.7. The van der Waals surface area contributed by atoms with E-state index in [2.05, 4.69) is 191 Å². The number of anilines is 3. The van der Waals surface area contributed by atoms with Crippen LogP contribution in [0.1, 0.15) is 84.4 Å². The summed E-state index contributed by atoms with van der Waals surface area (Å²) in [6.07, 6.45) is 1.80. The topological polar surface area (TPSA) is 135 Å². The second-order valence-electron chi connectivity index (χ2n) is 19.5. The zero-order chi connectivity index (χ0) is 56.2. The number of rotatable bonds is 9. The van der Waals surface area contributed by atoms with Crippen molar-refractivity contribution in [2.75, 3.05) is 34.0 Å². The first kappa shape index (κ1) is 60.7. The number of aliphatic hydroxyl groups is 1. The van der Waals surface area contributed by atoms with Crippen molar-refractivity contribution in [3.63, 3.8) is 0 Å². The van der Waals surface area contributed by atoms with Crippen LogP contribution in [0.25, 0.3) is 33.4 Å². The van der Waals surface area contributed by atoms with Gasteiger partial charge in [-0.2, -0.15) is 0 Å². The molecule has 3 unspecified atom stereocenters. The molecule has 6 N–H and O–H groups in total. The van der Waals surface area contributed by atoms with E-state index in [-0.39, 0.29) is 77.8 Å². The maximum absolute atomic E-state index is 12.5. The molecule has 0 saturated carbocycles. The molecule has 9 aromatic rings. The van der Waals surface area contributed by atoms with Gasteiger partial charge in [-0.15, -0.1) is 0 Å². The Labute approximate surface area is 536 Å². The number of aryl methyl sites for hydroxylation is 1. The number of alkyl halides is 1. The molecule has 4 aliphatic rings. The first-order valence-corrected chi connectivity index (χ1v) is 35.1. The summed E-state index contributed by atoms with van der Waals surface area (Å²) in [5, 5.41) is 26.5. The second kappa shape index (κ2) is 29.1. The molecule has 0 aliphatic carbocycles. The van der Waals surface area contributed by atoms with Crippen molar-refractivity contribution in [1.82, 2.24) is 16.0 Å². The molecule has 410 valence electrons. The van der Waals surface area contributed by atoms with Gasteiger partial charge in [0.15, 0.2) is 0 Å². The van der Waals surface area contributed by atoms with Crippen molar-refractivity contribution in [1.29, 1.82) is 0 Å². The summed E-state index contributed by atoms with van der Waals surface area (Å²) in [5.74, 6) is -0.121. The van der Waals surface area contributed by atoms with Crippen molar-refractivity contribution in [2.45, 2.75) is 37.8 Å². The Morgan fingerprint density at radius 2 is 0.866 bits per heavy atom. The number of carbonyl (C=O) groups is 3. The Balaban J connectivity index is 0.000000156. The average Bonchev–Trinajstić information content (AvgIpc) is 3.54. The minimum Gasteiger partial charge on any atom is -1.00 e. The standard InChI is InChI=1S/C22H19BrN2O.C22H20N2O2.C22H18N2O.Br3P.Na.H/c23-13-12-17-14-16(15-6-2-1-3-7-15)10-11-18(17)21-24-20-9-5-4-8-19(20)22(26)25-21;25-13-12-17-14-16(15-6-2-1-3-7-15)10-11-18(17)21-23-20-9-5-4-8-19(20)22(26)24-21;25-22-19-8-4-5-9-20(19)24-13-12-17-14-16(15-6-2-1-3-7-15)10-11-18(17)21(24)23-22;1-4(2)3;;/h1-11,14,21,24H,12-13H2,(H,25,26);1-11,14,21,23,25H,12-13H2,(H,24,26);1-11,14,21H,12-13H2,(H,23,25);;;/q;;;;+1;-1. The smallest absolute Gasteiger partial charge is 1.00 e. The molecule has 0 aromatic heterocycles. The van der Waals surface area contributed by atoms with E-state index in [0.717, 1.165) is 75.2 Å². The van der Waals surface area contributed by atoms with E-state index in [9.17, 15) is 19.5 Å². The van der Waals surface area contributed by atoms with Gasteiger partial charge in [0, 0.05) is 29.9 Å². The maximum Gasteiger partial charge on any atom is 1.00 e. The third-order valence-corrected chi connectivity index (χ3v) is 15.0. The molecule has 4 aliphatic heterocycles. The molecule has 82 heavy (non-hydrogen) atoms. The monoisotopic (exact) mass is 1370 g/mol. The number of hydrogen-bond acceptors (Lipinski definition) is 7. The van der Waals surface area contributed by atoms with E-state index in [1.165, 1.54) is 38.9 Å². The number of amides is 3. The normalized spacial score (nSPS) is 15.9. The molecule has 10 nitrogen and oxygen atoms in total. The van der Waals surface area contributed by atoms with Gasteiger partial charge in [-0.05, 0) is 169 Å². The van der Waals surface area contributed by atoms with Crippen molar-refractivity contribution >= 4 is 101 Å². The predicted molar refractivity (Wildman–Crippen MR) is 347 cm³/mol. The van der Waals surface area contributed by atoms with Crippen LogP contribution in [-0.4, -0.2) is 41.3 Å². The number of halogens is 4. The van der Waals surface area contributed by atoms with Gasteiger partial charge in [0.1, 0.15) is 22.5 Å². The Morgan fingerprint density at radius 3 is 1.34 bits per heavy atom. The summed E-state index contributed by atoms with van der Waals surface area (Å²) < 4.78 is -0.183. The summed E-state index contributed by atoms with van der Waals surface area (Å²) in [4.78, 5) is 39.7. The average molecular weight is 1370 g/mol. The summed E-state index contributed by atoms with van der Waals surface area (Å²) in [7, 11) is 0. The summed E-state index contributed by atoms with van der Waals surface area (Å²) in [6, 6.07) is 73.1. The van der Waals surface area contributed by atoms with Crippen LogP contribution in [0.2, 0.25) is 0 Å². The molecule has 0 radical (unpaired) electrons. The van der Waals surface area contributed by atoms with E-state index in [0.29, 0.717) is 17.5 Å². The molecule has 0 bridgehead atoms. The molecule has 0 spiro atoms. The van der Waals surface area contributed by atoms with Crippen molar-refractivity contribution in [3.05, 3.63) is 268 Å². The van der Waals surface area contributed by atoms with E-state index in [4.69, 9.17) is 0 Å². The largest absolute Gasteiger partial charge is 1.00 e. The van der Waals surface area contributed by atoms with Crippen LogP contribution in [-0.2, 0) is 19.3 Å². The number of nitrogens with one attached hydrogen (secondary N) is 5. The van der Waals surface area contributed by atoms with Crippen LogP contribution in [0.3, 0.4) is 0 Å². The SMILES string of the molecule is BrP(Br)Br.O=C1NC(c2ccc(-c3ccccc3)cc2CCBr)Nc2ccccc21.O=C1NC(c2ccc(-c3ccccc3)cc2CCO)Nc2ccccc21.O=C1NC2c3ccc(-c4ccccc4)cc3CCN2c2ccccc21.[H-].[Na+]. The van der Waals surface area contributed by atoms with Crippen LogP contribution >= 0.6 is 66.4 Å². The first-order chi connectivity index (χ1) is 39.6. The van der Waals surface area contributed by atoms with E-state index >= 15 is 0 Å². The molecule has 3 amide bonds. The zero-order valence-corrected chi connectivity index (χ0v) is 54.1. The third kappa shape index (κ3) is 14.5. The number of hydrogen-bond donors (Lipinski definition) is 6. The first-order valence-electron chi connectivity index (χ1n) is 26.5. The van der Waals surface area contributed by atoms with Crippen molar-refractivity contribution < 1.29 is 50.5 Å².